The average Bonchev–Trinajstić information content (AvgIpc) is 3.21. The van der Waals surface area contributed by atoms with Crippen molar-refractivity contribution in [2.24, 2.45) is 5.92 Å². The third-order valence-corrected chi connectivity index (χ3v) is 8.39. The maximum atomic E-state index is 13.1. The van der Waals surface area contributed by atoms with Gasteiger partial charge in [-0.25, -0.2) is 8.42 Å². The molecule has 8 nitrogen and oxygen atoms in total. The quantitative estimate of drug-likeness (QED) is 0.667. The monoisotopic (exact) mass is 471 g/mol. The van der Waals surface area contributed by atoms with Crippen LogP contribution in [0.15, 0.2) is 47.4 Å². The highest BCUT2D eigenvalue weighted by atomic mass is 32.2. The van der Waals surface area contributed by atoms with E-state index >= 15 is 0 Å². The van der Waals surface area contributed by atoms with Gasteiger partial charge in [-0.3, -0.25) is 9.59 Å². The summed E-state index contributed by atoms with van der Waals surface area (Å²) in [5, 5.41) is 0. The minimum Gasteiger partial charge on any atom is -0.497 e. The number of amides is 2. The Bertz CT molecular complexity index is 1170. The van der Waals surface area contributed by atoms with Gasteiger partial charge in [0, 0.05) is 50.9 Å². The highest BCUT2D eigenvalue weighted by molar-refractivity contribution is 7.89. The molecule has 2 aliphatic rings. The van der Waals surface area contributed by atoms with E-state index in [1.54, 1.807) is 42.0 Å². The van der Waals surface area contributed by atoms with Crippen molar-refractivity contribution in [1.82, 2.24) is 9.21 Å². The predicted octanol–water partition coefficient (Wildman–Crippen LogP) is 2.20. The number of rotatable bonds is 5. The van der Waals surface area contributed by atoms with E-state index in [0.717, 1.165) is 5.56 Å². The van der Waals surface area contributed by atoms with E-state index in [4.69, 9.17) is 4.74 Å². The lowest BCUT2D eigenvalue weighted by molar-refractivity contribution is -0.136. The Balaban J connectivity index is 1.40. The van der Waals surface area contributed by atoms with Crippen LogP contribution in [0.25, 0.3) is 0 Å². The van der Waals surface area contributed by atoms with Crippen molar-refractivity contribution in [3.05, 3.63) is 53.6 Å². The van der Waals surface area contributed by atoms with Crippen LogP contribution in [-0.4, -0.2) is 69.3 Å². The van der Waals surface area contributed by atoms with E-state index in [1.807, 2.05) is 31.2 Å². The first-order valence-electron chi connectivity index (χ1n) is 11.0. The van der Waals surface area contributed by atoms with Crippen LogP contribution in [0.4, 0.5) is 5.69 Å². The summed E-state index contributed by atoms with van der Waals surface area (Å²) < 4.78 is 33.0. The largest absolute Gasteiger partial charge is 0.497 e. The summed E-state index contributed by atoms with van der Waals surface area (Å²) in [6, 6.07) is 12.6. The third kappa shape index (κ3) is 4.60. The molecule has 0 radical (unpaired) electrons. The van der Waals surface area contributed by atoms with Crippen LogP contribution in [0.3, 0.4) is 0 Å². The molecule has 4 rings (SSSR count). The van der Waals surface area contributed by atoms with Gasteiger partial charge in [-0.05, 0) is 43.2 Å². The Morgan fingerprint density at radius 3 is 2.45 bits per heavy atom. The van der Waals surface area contributed by atoms with Gasteiger partial charge in [0.2, 0.25) is 21.8 Å². The number of nitrogens with zero attached hydrogens (tertiary/aromatic N) is 3. The molecule has 2 aliphatic heterocycles. The van der Waals surface area contributed by atoms with Crippen LogP contribution in [0, 0.1) is 19.8 Å². The van der Waals surface area contributed by atoms with Crippen LogP contribution in [0.2, 0.25) is 0 Å². The smallest absolute Gasteiger partial charge is 0.243 e. The fourth-order valence-electron chi connectivity index (χ4n) is 4.43. The Labute approximate surface area is 194 Å². The number of hydrogen-bond donors (Lipinski definition) is 0. The molecular formula is C24H29N3O5S. The molecule has 1 atom stereocenters. The topological polar surface area (TPSA) is 87.2 Å². The van der Waals surface area contributed by atoms with E-state index in [2.05, 4.69) is 0 Å². The molecule has 0 aromatic heterocycles. The molecule has 33 heavy (non-hydrogen) atoms. The number of benzene rings is 2. The Kier molecular flexibility index (Phi) is 6.45. The van der Waals surface area contributed by atoms with E-state index in [9.17, 15) is 18.0 Å². The van der Waals surface area contributed by atoms with E-state index in [-0.39, 0.29) is 31.3 Å². The van der Waals surface area contributed by atoms with Gasteiger partial charge in [-0.2, -0.15) is 4.31 Å². The summed E-state index contributed by atoms with van der Waals surface area (Å²) in [5.41, 5.74) is 2.31. The lowest BCUT2D eigenvalue weighted by Gasteiger charge is -2.35. The zero-order valence-electron chi connectivity index (χ0n) is 19.2. The molecule has 9 heteroatoms. The molecule has 2 aromatic carbocycles. The molecular weight excluding hydrogens is 442 g/mol. The number of sulfonamides is 1. The number of methoxy groups -OCH3 is 1. The van der Waals surface area contributed by atoms with Gasteiger partial charge >= 0.3 is 0 Å². The van der Waals surface area contributed by atoms with Crippen molar-refractivity contribution < 1.29 is 22.7 Å². The first-order chi connectivity index (χ1) is 15.7. The molecule has 0 bridgehead atoms. The zero-order valence-corrected chi connectivity index (χ0v) is 20.0. The van der Waals surface area contributed by atoms with E-state index in [1.165, 1.54) is 4.31 Å². The second-order valence-electron chi connectivity index (χ2n) is 8.61. The number of ether oxygens (including phenoxy) is 1. The van der Waals surface area contributed by atoms with Gasteiger partial charge in [0.25, 0.3) is 0 Å². The first kappa shape index (κ1) is 23.3. The van der Waals surface area contributed by atoms with Crippen LogP contribution in [0.5, 0.6) is 5.75 Å². The Morgan fingerprint density at radius 2 is 1.76 bits per heavy atom. The van der Waals surface area contributed by atoms with Crippen molar-refractivity contribution in [3.8, 4) is 5.75 Å². The molecule has 2 amide bonds. The minimum absolute atomic E-state index is 0.0993. The summed E-state index contributed by atoms with van der Waals surface area (Å²) >= 11 is 0. The van der Waals surface area contributed by atoms with Crippen molar-refractivity contribution in [3.63, 3.8) is 0 Å². The third-order valence-electron chi connectivity index (χ3n) is 6.35. The summed E-state index contributed by atoms with van der Waals surface area (Å²) in [6.45, 7) is 5.07. The van der Waals surface area contributed by atoms with Gasteiger partial charge in [0.15, 0.2) is 0 Å². The van der Waals surface area contributed by atoms with Gasteiger partial charge in [0.1, 0.15) is 5.75 Å². The average molecular weight is 472 g/mol. The van der Waals surface area contributed by atoms with Crippen LogP contribution in [0.1, 0.15) is 17.5 Å². The molecule has 0 spiro atoms. The fourth-order valence-corrected chi connectivity index (χ4v) is 6.16. The van der Waals surface area contributed by atoms with Gasteiger partial charge < -0.3 is 14.5 Å². The Hall–Kier alpha value is -2.91. The summed E-state index contributed by atoms with van der Waals surface area (Å²) in [6.07, 6.45) is 0.150. The van der Waals surface area contributed by atoms with Crippen molar-refractivity contribution in [1.29, 1.82) is 0 Å². The van der Waals surface area contributed by atoms with Gasteiger partial charge in [-0.1, -0.05) is 18.2 Å². The standard InChI is InChI=1S/C24H29N3O5S/c1-17-7-8-18(2)22(13-17)33(30,31)26-11-9-25(10-12-26)24(29)19-14-23(28)27(16-19)20-5-4-6-21(15-20)32-3/h4-8,13,15,19H,9-12,14,16H2,1-3H3. The van der Waals surface area contributed by atoms with E-state index < -0.39 is 15.9 Å². The van der Waals surface area contributed by atoms with Crippen molar-refractivity contribution >= 4 is 27.5 Å². The maximum Gasteiger partial charge on any atom is 0.243 e. The van der Waals surface area contributed by atoms with Crippen molar-refractivity contribution in [2.75, 3.05) is 44.7 Å². The Morgan fingerprint density at radius 1 is 1.03 bits per heavy atom. The predicted molar refractivity (Wildman–Crippen MR) is 125 cm³/mol. The van der Waals surface area contributed by atoms with Crippen LogP contribution < -0.4 is 9.64 Å². The van der Waals surface area contributed by atoms with Crippen LogP contribution >= 0.6 is 0 Å². The zero-order chi connectivity index (χ0) is 23.8. The molecule has 2 heterocycles. The van der Waals surface area contributed by atoms with Gasteiger partial charge in [-0.15, -0.1) is 0 Å². The molecule has 2 aromatic rings. The number of carbonyl (C=O) groups excluding carboxylic acids is 2. The lowest BCUT2D eigenvalue weighted by atomic mass is 10.1. The molecule has 0 aliphatic carbocycles. The molecule has 0 saturated carbocycles. The SMILES string of the molecule is COc1cccc(N2CC(C(=O)N3CCN(S(=O)(=O)c4cc(C)ccc4C)CC3)CC2=O)c1. The highest BCUT2D eigenvalue weighted by Gasteiger charge is 2.39. The summed E-state index contributed by atoms with van der Waals surface area (Å²) in [7, 11) is -2.06. The summed E-state index contributed by atoms with van der Waals surface area (Å²) in [5.74, 6) is 0.0115. The molecule has 176 valence electrons. The van der Waals surface area contributed by atoms with Crippen LogP contribution in [-0.2, 0) is 19.6 Å². The fraction of sp³-hybridized carbons (Fsp3) is 0.417. The first-order valence-corrected chi connectivity index (χ1v) is 12.5. The number of carbonyl (C=O) groups is 2. The van der Waals surface area contributed by atoms with Gasteiger partial charge in [0.05, 0.1) is 17.9 Å². The second-order valence-corrected chi connectivity index (χ2v) is 10.5. The molecule has 2 saturated heterocycles. The number of anilines is 1. The number of piperazine rings is 1. The second kappa shape index (κ2) is 9.15. The van der Waals surface area contributed by atoms with Crippen molar-refractivity contribution in [2.45, 2.75) is 25.2 Å². The number of aryl methyl sites for hydroxylation is 2. The normalized spacial score (nSPS) is 19.7. The summed E-state index contributed by atoms with van der Waals surface area (Å²) in [4.78, 5) is 29.3. The lowest BCUT2D eigenvalue weighted by Crippen LogP contribution is -2.52. The molecule has 0 N–H and O–H groups in total. The minimum atomic E-state index is -3.62. The maximum absolute atomic E-state index is 13.1. The number of hydrogen-bond acceptors (Lipinski definition) is 5. The highest BCUT2D eigenvalue weighted by Crippen LogP contribution is 2.29. The molecule has 1 unspecified atom stereocenters. The van der Waals surface area contributed by atoms with E-state index in [0.29, 0.717) is 41.5 Å². The molecule has 2 fully saturated rings.